The van der Waals surface area contributed by atoms with Crippen molar-refractivity contribution in [3.05, 3.63) is 59.4 Å². The number of benzene rings is 2. The fourth-order valence-electron chi connectivity index (χ4n) is 2.54. The monoisotopic (exact) mass is 338 g/mol. The van der Waals surface area contributed by atoms with Gasteiger partial charge in [-0.1, -0.05) is 18.2 Å². The maximum atomic E-state index is 12.3. The molecular formula is C19H18N2O4. The number of para-hydroxylation sites is 1. The number of methoxy groups -OCH3 is 2. The van der Waals surface area contributed by atoms with Gasteiger partial charge in [0.1, 0.15) is 5.58 Å². The van der Waals surface area contributed by atoms with E-state index < -0.39 is 5.91 Å². The van der Waals surface area contributed by atoms with Gasteiger partial charge < -0.3 is 13.9 Å². The number of carbonyl (C=O) groups excluding carboxylic acids is 1. The first-order valence-corrected chi connectivity index (χ1v) is 7.67. The van der Waals surface area contributed by atoms with E-state index in [0.717, 1.165) is 16.5 Å². The molecule has 0 radical (unpaired) electrons. The zero-order valence-corrected chi connectivity index (χ0v) is 14.2. The molecule has 1 amide bonds. The van der Waals surface area contributed by atoms with E-state index in [0.29, 0.717) is 17.1 Å². The molecule has 0 unspecified atom stereocenters. The molecule has 25 heavy (non-hydrogen) atoms. The van der Waals surface area contributed by atoms with Crippen LogP contribution in [0, 0.1) is 6.92 Å². The van der Waals surface area contributed by atoms with Crippen molar-refractivity contribution < 1.29 is 18.7 Å². The van der Waals surface area contributed by atoms with Crippen LogP contribution in [-0.4, -0.2) is 26.3 Å². The Balaban J connectivity index is 1.75. The lowest BCUT2D eigenvalue weighted by Gasteiger charge is -2.07. The van der Waals surface area contributed by atoms with Crippen molar-refractivity contribution in [2.45, 2.75) is 6.92 Å². The van der Waals surface area contributed by atoms with E-state index in [4.69, 9.17) is 13.9 Å². The maximum Gasteiger partial charge on any atom is 0.307 e. The summed E-state index contributed by atoms with van der Waals surface area (Å²) in [6.45, 7) is 1.85. The first kappa shape index (κ1) is 16.6. The number of amides is 1. The van der Waals surface area contributed by atoms with Crippen molar-refractivity contribution in [2.24, 2.45) is 5.10 Å². The van der Waals surface area contributed by atoms with Gasteiger partial charge in [-0.25, -0.2) is 5.43 Å². The lowest BCUT2D eigenvalue weighted by Crippen LogP contribution is -2.17. The smallest absolute Gasteiger partial charge is 0.307 e. The maximum absolute atomic E-state index is 12.3. The third kappa shape index (κ3) is 3.33. The Kier molecular flexibility index (Phi) is 4.70. The van der Waals surface area contributed by atoms with Gasteiger partial charge in [-0.3, -0.25) is 4.79 Å². The van der Waals surface area contributed by atoms with E-state index in [1.807, 2.05) is 37.3 Å². The molecule has 0 aliphatic carbocycles. The molecule has 1 N–H and O–H groups in total. The number of hydrazone groups is 1. The second-order valence-corrected chi connectivity index (χ2v) is 5.37. The van der Waals surface area contributed by atoms with Crippen LogP contribution in [0.25, 0.3) is 11.0 Å². The molecule has 0 atom stereocenters. The average Bonchev–Trinajstić information content (AvgIpc) is 2.98. The van der Waals surface area contributed by atoms with Gasteiger partial charge in [0.2, 0.25) is 0 Å². The van der Waals surface area contributed by atoms with Crippen LogP contribution in [0.1, 0.15) is 21.7 Å². The minimum Gasteiger partial charge on any atom is -0.493 e. The molecule has 0 saturated carbocycles. The van der Waals surface area contributed by atoms with E-state index in [-0.39, 0.29) is 5.76 Å². The number of furan rings is 1. The highest BCUT2D eigenvalue weighted by Gasteiger charge is 2.16. The number of hydrogen-bond acceptors (Lipinski definition) is 5. The van der Waals surface area contributed by atoms with Crippen molar-refractivity contribution in [3.63, 3.8) is 0 Å². The fourth-order valence-corrected chi connectivity index (χ4v) is 2.54. The molecule has 6 heteroatoms. The summed E-state index contributed by atoms with van der Waals surface area (Å²) in [5, 5.41) is 4.89. The summed E-state index contributed by atoms with van der Waals surface area (Å²) >= 11 is 0. The summed E-state index contributed by atoms with van der Waals surface area (Å²) in [7, 11) is 3.13. The van der Waals surface area contributed by atoms with Gasteiger partial charge in [0, 0.05) is 10.9 Å². The van der Waals surface area contributed by atoms with Crippen LogP contribution < -0.4 is 14.9 Å². The van der Waals surface area contributed by atoms with Crippen molar-refractivity contribution in [1.29, 1.82) is 0 Å². The lowest BCUT2D eigenvalue weighted by molar-refractivity contribution is 0.0929. The molecule has 128 valence electrons. The molecule has 1 heterocycles. The lowest BCUT2D eigenvalue weighted by atomic mass is 10.1. The Hall–Kier alpha value is -3.28. The predicted molar refractivity (Wildman–Crippen MR) is 95.6 cm³/mol. The van der Waals surface area contributed by atoms with E-state index in [9.17, 15) is 4.79 Å². The third-order valence-electron chi connectivity index (χ3n) is 3.84. The van der Waals surface area contributed by atoms with E-state index >= 15 is 0 Å². The highest BCUT2D eigenvalue weighted by molar-refractivity contribution is 5.99. The molecule has 0 bridgehead atoms. The molecule has 3 aromatic rings. The number of carbonyl (C=O) groups is 1. The largest absolute Gasteiger partial charge is 0.493 e. The van der Waals surface area contributed by atoms with Crippen molar-refractivity contribution in [1.82, 2.24) is 5.43 Å². The van der Waals surface area contributed by atoms with Crippen molar-refractivity contribution in [2.75, 3.05) is 14.2 Å². The second-order valence-electron chi connectivity index (χ2n) is 5.37. The number of ether oxygens (including phenoxy) is 2. The van der Waals surface area contributed by atoms with Crippen LogP contribution in [0.4, 0.5) is 0 Å². The van der Waals surface area contributed by atoms with Crippen molar-refractivity contribution >= 4 is 23.1 Å². The predicted octanol–water partition coefficient (Wildman–Crippen LogP) is 3.52. The average molecular weight is 338 g/mol. The summed E-state index contributed by atoms with van der Waals surface area (Å²) in [4.78, 5) is 12.3. The Morgan fingerprint density at radius 2 is 1.88 bits per heavy atom. The summed E-state index contributed by atoms with van der Waals surface area (Å²) in [5.74, 6) is 1.07. The molecule has 2 aromatic carbocycles. The van der Waals surface area contributed by atoms with Gasteiger partial charge in [-0.05, 0) is 36.8 Å². The summed E-state index contributed by atoms with van der Waals surface area (Å²) < 4.78 is 16.0. The number of nitrogens with zero attached hydrogens (tertiary/aromatic N) is 1. The molecule has 0 aliphatic heterocycles. The third-order valence-corrected chi connectivity index (χ3v) is 3.84. The zero-order chi connectivity index (χ0) is 17.8. The summed E-state index contributed by atoms with van der Waals surface area (Å²) in [5.41, 5.74) is 4.70. The van der Waals surface area contributed by atoms with Crippen LogP contribution in [0.2, 0.25) is 0 Å². The highest BCUT2D eigenvalue weighted by Crippen LogP contribution is 2.27. The Morgan fingerprint density at radius 1 is 1.12 bits per heavy atom. The van der Waals surface area contributed by atoms with Crippen LogP contribution in [-0.2, 0) is 0 Å². The van der Waals surface area contributed by atoms with Gasteiger partial charge in [0.05, 0.1) is 20.4 Å². The minimum absolute atomic E-state index is 0.255. The molecule has 0 aliphatic rings. The van der Waals surface area contributed by atoms with Gasteiger partial charge in [-0.15, -0.1) is 0 Å². The Bertz CT molecular complexity index is 944. The number of nitrogens with one attached hydrogen (secondary N) is 1. The van der Waals surface area contributed by atoms with Crippen LogP contribution in [0.3, 0.4) is 0 Å². The molecule has 0 spiro atoms. The highest BCUT2D eigenvalue weighted by atomic mass is 16.5. The quantitative estimate of drug-likeness (QED) is 0.571. The molecule has 0 fully saturated rings. The second kappa shape index (κ2) is 7.09. The summed E-state index contributed by atoms with van der Waals surface area (Å²) in [6, 6.07) is 12.9. The van der Waals surface area contributed by atoms with Crippen molar-refractivity contribution in [3.8, 4) is 11.5 Å². The molecule has 3 rings (SSSR count). The van der Waals surface area contributed by atoms with Gasteiger partial charge in [0.25, 0.3) is 0 Å². The van der Waals surface area contributed by atoms with Gasteiger partial charge >= 0.3 is 5.91 Å². The molecule has 0 saturated heterocycles. The standard InChI is InChI=1S/C19H18N2O4/c1-12-14-6-4-5-7-15(14)25-18(12)19(22)21-20-11-13-8-9-16(23-2)17(10-13)24-3/h4-11H,1-3H3,(H,21,22)/b20-11+. The van der Waals surface area contributed by atoms with Crippen LogP contribution in [0.5, 0.6) is 11.5 Å². The Morgan fingerprint density at radius 3 is 2.60 bits per heavy atom. The summed E-state index contributed by atoms with van der Waals surface area (Å²) in [6.07, 6.45) is 1.53. The van der Waals surface area contributed by atoms with E-state index in [2.05, 4.69) is 10.5 Å². The molecule has 6 nitrogen and oxygen atoms in total. The number of rotatable bonds is 5. The number of aryl methyl sites for hydroxylation is 1. The SMILES string of the molecule is COc1ccc(/C=N/NC(=O)c2oc3ccccc3c2C)cc1OC. The molecule has 1 aromatic heterocycles. The number of fused-ring (bicyclic) bond motifs is 1. The topological polar surface area (TPSA) is 73.1 Å². The first-order chi connectivity index (χ1) is 12.1. The zero-order valence-electron chi connectivity index (χ0n) is 14.2. The van der Waals surface area contributed by atoms with Crippen LogP contribution in [0.15, 0.2) is 52.0 Å². The van der Waals surface area contributed by atoms with Crippen LogP contribution >= 0.6 is 0 Å². The first-order valence-electron chi connectivity index (χ1n) is 7.67. The number of hydrogen-bond donors (Lipinski definition) is 1. The van der Waals surface area contributed by atoms with Gasteiger partial charge in [0.15, 0.2) is 17.3 Å². The van der Waals surface area contributed by atoms with E-state index in [1.165, 1.54) is 6.21 Å². The minimum atomic E-state index is -0.398. The van der Waals surface area contributed by atoms with E-state index in [1.54, 1.807) is 26.4 Å². The normalized spacial score (nSPS) is 11.0. The Labute approximate surface area is 145 Å². The molecular weight excluding hydrogens is 320 g/mol. The fraction of sp³-hybridized carbons (Fsp3) is 0.158. The van der Waals surface area contributed by atoms with Gasteiger partial charge in [-0.2, -0.15) is 5.10 Å².